The lowest BCUT2D eigenvalue weighted by Gasteiger charge is -2.20. The average molecular weight is 852 g/mol. The van der Waals surface area contributed by atoms with Gasteiger partial charge in [-0.05, 0) is 57.8 Å². The van der Waals surface area contributed by atoms with Crippen LogP contribution in [-0.4, -0.2) is 34.9 Å². The van der Waals surface area contributed by atoms with Crippen LogP contribution in [0, 0.1) is 0 Å². The quantitative estimate of drug-likeness (QED) is 0.0422. The van der Waals surface area contributed by atoms with Gasteiger partial charge in [0.05, 0.1) is 18.8 Å². The summed E-state index contributed by atoms with van der Waals surface area (Å²) in [6, 6.07) is -0.628. The molecule has 0 fully saturated rings. The van der Waals surface area contributed by atoms with Gasteiger partial charge in [-0.15, -0.1) is 0 Å². The first-order chi connectivity index (χ1) is 30.2. The van der Waals surface area contributed by atoms with Crippen LogP contribution in [0.25, 0.3) is 0 Å². The second kappa shape index (κ2) is 52.4. The Balaban J connectivity index is 3.52. The summed E-state index contributed by atoms with van der Waals surface area (Å²) < 4.78 is 0. The largest absolute Gasteiger partial charge is 0.394 e. The van der Waals surface area contributed by atoms with Crippen molar-refractivity contribution in [3.8, 4) is 0 Å². The summed E-state index contributed by atoms with van der Waals surface area (Å²) in [5.41, 5.74) is 0. The van der Waals surface area contributed by atoms with Crippen LogP contribution in [0.3, 0.4) is 0 Å². The van der Waals surface area contributed by atoms with E-state index in [1.165, 1.54) is 205 Å². The number of aliphatic hydroxyl groups excluding tert-OH is 2. The molecule has 0 radical (unpaired) electrons. The summed E-state index contributed by atoms with van der Waals surface area (Å²) >= 11 is 0. The minimum atomic E-state index is -0.844. The molecule has 3 N–H and O–H groups in total. The molecule has 2 unspecified atom stereocenters. The molecule has 4 nitrogen and oxygen atoms in total. The van der Waals surface area contributed by atoms with Gasteiger partial charge in [0.25, 0.3) is 0 Å². The maximum absolute atomic E-state index is 12.5. The molecule has 4 heteroatoms. The van der Waals surface area contributed by atoms with Gasteiger partial charge >= 0.3 is 0 Å². The predicted octanol–water partition coefficient (Wildman–Crippen LogP) is 17.6. The van der Waals surface area contributed by atoms with Crippen molar-refractivity contribution < 1.29 is 15.0 Å². The monoisotopic (exact) mass is 852 g/mol. The molecular formula is C57H105NO3. The Morgan fingerprint density at radius 2 is 0.721 bits per heavy atom. The van der Waals surface area contributed by atoms with Crippen LogP contribution >= 0.6 is 0 Å². The van der Waals surface area contributed by atoms with Gasteiger partial charge in [0.2, 0.25) is 5.91 Å². The molecule has 0 aliphatic heterocycles. The summed E-state index contributed by atoms with van der Waals surface area (Å²) in [7, 11) is 0. The molecule has 1 amide bonds. The van der Waals surface area contributed by atoms with Gasteiger partial charge in [0.15, 0.2) is 0 Å². The molecule has 0 saturated carbocycles. The van der Waals surface area contributed by atoms with E-state index in [0.29, 0.717) is 6.42 Å². The molecule has 0 saturated heterocycles. The van der Waals surface area contributed by atoms with Gasteiger partial charge in [0.1, 0.15) is 0 Å². The smallest absolute Gasteiger partial charge is 0.220 e. The number of unbranched alkanes of at least 4 members (excludes halogenated alkanes) is 34. The van der Waals surface area contributed by atoms with E-state index in [-0.39, 0.29) is 12.5 Å². The molecule has 0 aliphatic rings. The number of carbonyl (C=O) groups is 1. The molecule has 0 spiro atoms. The summed E-state index contributed by atoms with van der Waals surface area (Å²) in [5.74, 6) is -0.0678. The molecular weight excluding hydrogens is 747 g/mol. The van der Waals surface area contributed by atoms with Crippen molar-refractivity contribution in [2.75, 3.05) is 6.61 Å². The first-order valence-corrected chi connectivity index (χ1v) is 27.0. The van der Waals surface area contributed by atoms with Crippen LogP contribution in [0.1, 0.15) is 277 Å². The maximum atomic E-state index is 12.5. The van der Waals surface area contributed by atoms with Gasteiger partial charge in [-0.3, -0.25) is 4.79 Å². The standard InChI is InChI=1S/C57H105NO3/c1-3-5-7-9-11-13-15-17-19-21-23-25-27-28-29-31-32-34-36-38-40-42-44-46-48-50-52-56(60)55(54-59)58-57(61)53-51-49-47-45-43-41-39-37-35-33-30-26-24-22-20-18-16-14-12-10-8-6-4-2/h6,8,12,14,18,20,24,26,50,52,55-56,59-60H,3-5,7,9-11,13,15-17,19,21-23,25,27-49,51,53-54H2,1-2H3,(H,58,61)/b8-6-,14-12-,20-18-,26-24-,52-50+. The Morgan fingerprint density at radius 1 is 0.410 bits per heavy atom. The zero-order chi connectivity index (χ0) is 44.2. The van der Waals surface area contributed by atoms with Crippen molar-refractivity contribution >= 4 is 5.91 Å². The normalized spacial score (nSPS) is 13.3. The van der Waals surface area contributed by atoms with Crippen LogP contribution < -0.4 is 5.32 Å². The third kappa shape index (κ3) is 49.0. The van der Waals surface area contributed by atoms with Crippen molar-refractivity contribution in [1.29, 1.82) is 0 Å². The van der Waals surface area contributed by atoms with Crippen LogP contribution in [0.5, 0.6) is 0 Å². The Hall–Kier alpha value is -1.91. The summed E-state index contributed by atoms with van der Waals surface area (Å²) in [4.78, 5) is 12.5. The van der Waals surface area contributed by atoms with Gasteiger partial charge in [-0.25, -0.2) is 0 Å². The van der Waals surface area contributed by atoms with E-state index in [0.717, 1.165) is 51.4 Å². The molecule has 0 bridgehead atoms. The van der Waals surface area contributed by atoms with Gasteiger partial charge in [-0.1, -0.05) is 274 Å². The number of aliphatic hydroxyl groups is 2. The fraction of sp³-hybridized carbons (Fsp3) is 0.807. The van der Waals surface area contributed by atoms with Gasteiger partial charge in [0, 0.05) is 6.42 Å². The highest BCUT2D eigenvalue weighted by Gasteiger charge is 2.18. The van der Waals surface area contributed by atoms with Crippen molar-refractivity contribution in [3.63, 3.8) is 0 Å². The van der Waals surface area contributed by atoms with Crippen molar-refractivity contribution in [2.45, 2.75) is 289 Å². The van der Waals surface area contributed by atoms with E-state index in [1.54, 1.807) is 6.08 Å². The number of hydrogen-bond acceptors (Lipinski definition) is 3. The molecule has 0 aromatic carbocycles. The zero-order valence-electron chi connectivity index (χ0n) is 40.9. The average Bonchev–Trinajstić information content (AvgIpc) is 3.26. The molecule has 2 atom stereocenters. The van der Waals surface area contributed by atoms with Crippen molar-refractivity contribution in [3.05, 3.63) is 60.8 Å². The van der Waals surface area contributed by atoms with E-state index in [4.69, 9.17) is 0 Å². The van der Waals surface area contributed by atoms with Crippen molar-refractivity contribution in [2.24, 2.45) is 0 Å². The van der Waals surface area contributed by atoms with E-state index in [9.17, 15) is 15.0 Å². The van der Waals surface area contributed by atoms with E-state index in [1.807, 2.05) is 6.08 Å². The second-order valence-electron chi connectivity index (χ2n) is 18.3. The second-order valence-corrected chi connectivity index (χ2v) is 18.3. The molecule has 61 heavy (non-hydrogen) atoms. The Kier molecular flexibility index (Phi) is 50.8. The third-order valence-corrected chi connectivity index (χ3v) is 12.3. The Labute approximate surface area is 381 Å². The molecule has 0 aromatic rings. The fourth-order valence-electron chi connectivity index (χ4n) is 8.17. The zero-order valence-corrected chi connectivity index (χ0v) is 40.9. The number of allylic oxidation sites excluding steroid dienone is 9. The first kappa shape index (κ1) is 59.1. The van der Waals surface area contributed by atoms with Crippen LogP contribution in [0.2, 0.25) is 0 Å². The van der Waals surface area contributed by atoms with Crippen LogP contribution in [0.15, 0.2) is 60.8 Å². The number of hydrogen-bond donors (Lipinski definition) is 3. The summed E-state index contributed by atoms with van der Waals surface area (Å²) in [5, 5.41) is 23.2. The van der Waals surface area contributed by atoms with Crippen LogP contribution in [0.4, 0.5) is 0 Å². The van der Waals surface area contributed by atoms with E-state index < -0.39 is 12.1 Å². The lowest BCUT2D eigenvalue weighted by Crippen LogP contribution is -2.45. The minimum absolute atomic E-state index is 0.0678. The molecule has 356 valence electrons. The predicted molar refractivity (Wildman–Crippen MR) is 271 cm³/mol. The highest BCUT2D eigenvalue weighted by Crippen LogP contribution is 2.17. The first-order valence-electron chi connectivity index (χ1n) is 27.0. The number of nitrogens with one attached hydrogen (secondary N) is 1. The maximum Gasteiger partial charge on any atom is 0.220 e. The minimum Gasteiger partial charge on any atom is -0.394 e. The lowest BCUT2D eigenvalue weighted by atomic mass is 10.0. The topological polar surface area (TPSA) is 69.6 Å². The SMILES string of the molecule is CC/C=C\C/C=C\C/C=C\C/C=C\CCCCCCCCCCCCC(=O)NC(CO)C(O)/C=C/CCCCCCCCCCCCCCCCCCCCCCCCCC. The van der Waals surface area contributed by atoms with Gasteiger partial charge in [-0.2, -0.15) is 0 Å². The number of amides is 1. The number of rotatable bonds is 49. The highest BCUT2D eigenvalue weighted by atomic mass is 16.3. The van der Waals surface area contributed by atoms with E-state index in [2.05, 4.69) is 67.8 Å². The molecule has 0 rings (SSSR count). The fourth-order valence-corrected chi connectivity index (χ4v) is 8.17. The third-order valence-electron chi connectivity index (χ3n) is 12.3. The molecule has 0 aromatic heterocycles. The Bertz CT molecular complexity index is 1010. The Morgan fingerprint density at radius 3 is 1.08 bits per heavy atom. The van der Waals surface area contributed by atoms with Gasteiger partial charge < -0.3 is 15.5 Å². The van der Waals surface area contributed by atoms with Crippen molar-refractivity contribution in [1.82, 2.24) is 5.32 Å². The summed E-state index contributed by atoms with van der Waals surface area (Å²) in [6.07, 6.45) is 73.7. The van der Waals surface area contributed by atoms with Crippen LogP contribution in [-0.2, 0) is 4.79 Å². The van der Waals surface area contributed by atoms with E-state index >= 15 is 0 Å². The lowest BCUT2D eigenvalue weighted by molar-refractivity contribution is -0.123. The number of carbonyl (C=O) groups excluding carboxylic acids is 1. The molecule has 0 heterocycles. The summed E-state index contributed by atoms with van der Waals surface area (Å²) in [6.45, 7) is 4.22. The molecule has 0 aliphatic carbocycles. The highest BCUT2D eigenvalue weighted by molar-refractivity contribution is 5.76.